The van der Waals surface area contributed by atoms with Gasteiger partial charge in [0.05, 0.1) is 24.1 Å². The molecule has 25 heavy (non-hydrogen) atoms. The van der Waals surface area contributed by atoms with Crippen LogP contribution < -0.4 is 10.1 Å². The van der Waals surface area contributed by atoms with Crippen molar-refractivity contribution < 1.29 is 9.53 Å². The minimum Gasteiger partial charge on any atom is -0.479 e. The van der Waals surface area contributed by atoms with Gasteiger partial charge in [-0.2, -0.15) is 10.4 Å². The van der Waals surface area contributed by atoms with E-state index < -0.39 is 5.41 Å². The Morgan fingerprint density at radius 3 is 2.88 bits per heavy atom. The van der Waals surface area contributed by atoms with E-state index in [0.717, 1.165) is 15.8 Å². The summed E-state index contributed by atoms with van der Waals surface area (Å²) in [5.74, 6) is 0.0877. The minimum atomic E-state index is -0.896. The lowest BCUT2D eigenvalue weighted by Gasteiger charge is -2.03. The summed E-state index contributed by atoms with van der Waals surface area (Å²) in [6, 6.07) is 2.09. The third-order valence-electron chi connectivity index (χ3n) is 4.21. The molecule has 4 rings (SSSR count). The molecular formula is C16H14N6O2S. The number of ether oxygens (including phenoxy) is 1. The number of carbonyl (C=O) groups excluding carboxylic acids is 1. The van der Waals surface area contributed by atoms with Crippen LogP contribution in [0.15, 0.2) is 18.6 Å². The first-order valence-electron chi connectivity index (χ1n) is 7.61. The molecule has 0 spiro atoms. The van der Waals surface area contributed by atoms with Gasteiger partial charge in [0.1, 0.15) is 10.9 Å². The second kappa shape index (κ2) is 5.53. The number of hydrogen-bond acceptors (Lipinski definition) is 7. The van der Waals surface area contributed by atoms with Gasteiger partial charge >= 0.3 is 0 Å². The number of fused-ring (bicyclic) bond motifs is 1. The van der Waals surface area contributed by atoms with Crippen molar-refractivity contribution in [1.82, 2.24) is 19.7 Å². The maximum absolute atomic E-state index is 12.3. The van der Waals surface area contributed by atoms with Gasteiger partial charge in [-0.05, 0) is 12.8 Å². The van der Waals surface area contributed by atoms with E-state index in [1.54, 1.807) is 17.1 Å². The first-order valence-corrected chi connectivity index (χ1v) is 8.43. The smallest absolute Gasteiger partial charge is 0.246 e. The van der Waals surface area contributed by atoms with Crippen LogP contribution in [-0.2, 0) is 11.8 Å². The minimum absolute atomic E-state index is 0.302. The van der Waals surface area contributed by atoms with Gasteiger partial charge < -0.3 is 10.1 Å². The largest absolute Gasteiger partial charge is 0.479 e. The quantitative estimate of drug-likeness (QED) is 0.771. The summed E-state index contributed by atoms with van der Waals surface area (Å²) in [5, 5.41) is 16.5. The molecule has 8 nitrogen and oxygen atoms in total. The van der Waals surface area contributed by atoms with Crippen LogP contribution >= 0.6 is 11.3 Å². The number of aryl methyl sites for hydroxylation is 1. The van der Waals surface area contributed by atoms with E-state index >= 15 is 0 Å². The molecule has 126 valence electrons. The Morgan fingerprint density at radius 1 is 1.48 bits per heavy atom. The predicted octanol–water partition coefficient (Wildman–Crippen LogP) is 2.34. The molecule has 1 fully saturated rings. The third kappa shape index (κ3) is 2.51. The molecule has 0 saturated heterocycles. The highest BCUT2D eigenvalue weighted by molar-refractivity contribution is 7.23. The summed E-state index contributed by atoms with van der Waals surface area (Å²) in [6.45, 7) is 0. The van der Waals surface area contributed by atoms with Gasteiger partial charge in [0.25, 0.3) is 0 Å². The Balaban J connectivity index is 1.78. The average Bonchev–Trinajstić information content (AvgIpc) is 3.13. The van der Waals surface area contributed by atoms with Crippen molar-refractivity contribution in [3.05, 3.63) is 18.6 Å². The van der Waals surface area contributed by atoms with Crippen LogP contribution in [0.5, 0.6) is 5.88 Å². The number of thiazole rings is 1. The van der Waals surface area contributed by atoms with Crippen molar-refractivity contribution in [3.63, 3.8) is 0 Å². The molecule has 1 N–H and O–H groups in total. The summed E-state index contributed by atoms with van der Waals surface area (Å²) >= 11 is 1.33. The number of pyridine rings is 1. The first-order chi connectivity index (χ1) is 12.1. The van der Waals surface area contributed by atoms with Gasteiger partial charge in [-0.15, -0.1) is 0 Å². The molecule has 3 aromatic rings. The van der Waals surface area contributed by atoms with Crippen molar-refractivity contribution in [2.24, 2.45) is 12.5 Å². The molecule has 3 aromatic heterocycles. The Morgan fingerprint density at radius 2 is 2.28 bits per heavy atom. The average molecular weight is 354 g/mol. The number of aromatic nitrogens is 4. The molecule has 0 unspecified atom stereocenters. The Kier molecular flexibility index (Phi) is 3.43. The first kappa shape index (κ1) is 15.5. The highest BCUT2D eigenvalue weighted by atomic mass is 32.1. The Labute approximate surface area is 147 Å². The van der Waals surface area contributed by atoms with Crippen molar-refractivity contribution >= 4 is 32.6 Å². The molecule has 1 amide bonds. The maximum Gasteiger partial charge on any atom is 0.246 e. The topological polar surface area (TPSA) is 106 Å². The van der Waals surface area contributed by atoms with E-state index in [1.807, 2.05) is 13.2 Å². The lowest BCUT2D eigenvalue weighted by molar-refractivity contribution is -0.119. The number of nitrogens with one attached hydrogen (secondary N) is 1. The zero-order chi connectivity index (χ0) is 17.6. The fourth-order valence-electron chi connectivity index (χ4n) is 2.59. The van der Waals surface area contributed by atoms with Gasteiger partial charge in [0.15, 0.2) is 5.13 Å². The van der Waals surface area contributed by atoms with Crippen LogP contribution in [0.3, 0.4) is 0 Å². The monoisotopic (exact) mass is 354 g/mol. The van der Waals surface area contributed by atoms with E-state index in [0.29, 0.717) is 29.4 Å². The van der Waals surface area contributed by atoms with E-state index in [-0.39, 0.29) is 5.91 Å². The maximum atomic E-state index is 12.3. The SMILES string of the molecule is COc1ncc(-c2cnn(C)c2)c2sc(NC(=O)C3(C#N)CC3)nc12. The molecule has 0 aliphatic heterocycles. The molecule has 1 aliphatic rings. The van der Waals surface area contributed by atoms with Crippen molar-refractivity contribution in [1.29, 1.82) is 5.26 Å². The van der Waals surface area contributed by atoms with Crippen LogP contribution in [-0.4, -0.2) is 32.8 Å². The molecule has 3 heterocycles. The Bertz CT molecular complexity index is 1030. The van der Waals surface area contributed by atoms with Crippen LogP contribution in [0.1, 0.15) is 12.8 Å². The van der Waals surface area contributed by atoms with Crippen LogP contribution in [0.25, 0.3) is 21.3 Å². The number of hydrogen-bond donors (Lipinski definition) is 1. The zero-order valence-corrected chi connectivity index (χ0v) is 14.4. The van der Waals surface area contributed by atoms with Gasteiger partial charge in [-0.3, -0.25) is 9.48 Å². The van der Waals surface area contributed by atoms with E-state index in [2.05, 4.69) is 26.5 Å². The van der Waals surface area contributed by atoms with E-state index in [9.17, 15) is 4.79 Å². The molecule has 1 saturated carbocycles. The summed E-state index contributed by atoms with van der Waals surface area (Å²) in [5.41, 5.74) is 1.45. The number of anilines is 1. The number of nitrogens with zero attached hydrogens (tertiary/aromatic N) is 5. The normalized spacial score (nSPS) is 14.9. The fourth-order valence-corrected chi connectivity index (χ4v) is 3.57. The second-order valence-corrected chi connectivity index (χ2v) is 6.93. The van der Waals surface area contributed by atoms with Gasteiger partial charge in [0, 0.05) is 30.6 Å². The highest BCUT2D eigenvalue weighted by Crippen LogP contribution is 2.46. The van der Waals surface area contributed by atoms with Gasteiger partial charge in [-0.1, -0.05) is 11.3 Å². The van der Waals surface area contributed by atoms with E-state index in [1.165, 1.54) is 18.4 Å². The molecule has 0 aromatic carbocycles. The number of amides is 1. The van der Waals surface area contributed by atoms with Crippen LogP contribution in [0.4, 0.5) is 5.13 Å². The molecule has 0 radical (unpaired) electrons. The number of nitriles is 1. The number of methoxy groups -OCH3 is 1. The van der Waals surface area contributed by atoms with Crippen molar-refractivity contribution in [2.45, 2.75) is 12.8 Å². The van der Waals surface area contributed by atoms with Crippen molar-refractivity contribution in [2.75, 3.05) is 12.4 Å². The standard InChI is InChI=1S/C16H14N6O2S/c1-22-7-9(5-19-22)10-6-18-13(24-2)11-12(10)25-15(20-11)21-14(23)16(8-17)3-4-16/h5-7H,3-4H2,1-2H3,(H,20,21,23). The summed E-state index contributed by atoms with van der Waals surface area (Å²) in [6.07, 6.45) is 6.52. The number of rotatable bonds is 4. The van der Waals surface area contributed by atoms with E-state index in [4.69, 9.17) is 10.00 Å². The molecular weight excluding hydrogens is 340 g/mol. The second-order valence-electron chi connectivity index (χ2n) is 5.93. The summed E-state index contributed by atoms with van der Waals surface area (Å²) in [7, 11) is 3.37. The lowest BCUT2D eigenvalue weighted by Crippen LogP contribution is -2.22. The third-order valence-corrected chi connectivity index (χ3v) is 5.22. The zero-order valence-electron chi connectivity index (χ0n) is 13.6. The van der Waals surface area contributed by atoms with Crippen LogP contribution in [0, 0.1) is 16.7 Å². The molecule has 0 atom stereocenters. The molecule has 9 heteroatoms. The molecule has 0 bridgehead atoms. The Hall–Kier alpha value is -2.99. The van der Waals surface area contributed by atoms with Gasteiger partial charge in [-0.25, -0.2) is 9.97 Å². The number of carbonyl (C=O) groups is 1. The van der Waals surface area contributed by atoms with Crippen LogP contribution in [0.2, 0.25) is 0 Å². The van der Waals surface area contributed by atoms with Crippen molar-refractivity contribution in [3.8, 4) is 23.1 Å². The fraction of sp³-hybridized carbons (Fsp3) is 0.312. The molecule has 1 aliphatic carbocycles. The summed E-state index contributed by atoms with van der Waals surface area (Å²) < 4.78 is 7.84. The predicted molar refractivity (Wildman–Crippen MR) is 92.1 cm³/mol. The summed E-state index contributed by atoms with van der Waals surface area (Å²) in [4.78, 5) is 21.0. The highest BCUT2D eigenvalue weighted by Gasteiger charge is 2.51. The lowest BCUT2D eigenvalue weighted by atomic mass is 10.1. The van der Waals surface area contributed by atoms with Gasteiger partial charge in [0.2, 0.25) is 11.8 Å².